The number of anilines is 2. The van der Waals surface area contributed by atoms with Gasteiger partial charge in [-0.2, -0.15) is 9.97 Å². The van der Waals surface area contributed by atoms with E-state index in [2.05, 4.69) is 20.3 Å². The van der Waals surface area contributed by atoms with E-state index in [-0.39, 0.29) is 5.69 Å². The molecule has 1 aromatic heterocycles. The van der Waals surface area contributed by atoms with Gasteiger partial charge in [-0.1, -0.05) is 0 Å². The third kappa shape index (κ3) is 2.48. The number of nitrogens with zero attached hydrogens (tertiary/aromatic N) is 3. The summed E-state index contributed by atoms with van der Waals surface area (Å²) in [6.07, 6.45) is 0. The molecule has 0 saturated carbocycles. The zero-order valence-corrected chi connectivity index (χ0v) is 9.19. The van der Waals surface area contributed by atoms with Crippen molar-refractivity contribution in [2.45, 2.75) is 6.92 Å². The average Bonchev–Trinajstić information content (AvgIpc) is 2.30. The van der Waals surface area contributed by atoms with Gasteiger partial charge in [-0.15, -0.1) is 0 Å². The average molecular weight is 225 g/mol. The molecule has 0 aliphatic carbocycles. The Morgan fingerprint density at radius 2 is 2.19 bits per heavy atom. The number of rotatable bonds is 3. The molecule has 0 spiro atoms. The summed E-state index contributed by atoms with van der Waals surface area (Å²) in [5.74, 6) is 0.923. The second kappa shape index (κ2) is 4.93. The van der Waals surface area contributed by atoms with Crippen molar-refractivity contribution in [1.29, 1.82) is 0 Å². The van der Waals surface area contributed by atoms with Gasteiger partial charge in [0.1, 0.15) is 0 Å². The van der Waals surface area contributed by atoms with Crippen LogP contribution in [-0.4, -0.2) is 47.8 Å². The Morgan fingerprint density at radius 1 is 1.44 bits per heavy atom. The minimum absolute atomic E-state index is 0.382. The van der Waals surface area contributed by atoms with Crippen LogP contribution in [0.5, 0.6) is 0 Å². The number of nitrogens with one attached hydrogen (secondary N) is 2. The third-order valence-corrected chi connectivity index (χ3v) is 2.28. The van der Waals surface area contributed by atoms with Crippen LogP contribution in [-0.2, 0) is 4.74 Å². The monoisotopic (exact) mass is 225 g/mol. The van der Waals surface area contributed by atoms with E-state index >= 15 is 0 Å². The van der Waals surface area contributed by atoms with E-state index < -0.39 is 0 Å². The van der Waals surface area contributed by atoms with Crippen molar-refractivity contribution in [3.05, 3.63) is 10.5 Å². The molecule has 1 fully saturated rings. The van der Waals surface area contributed by atoms with E-state index in [1.807, 2.05) is 11.8 Å². The lowest BCUT2D eigenvalue weighted by Gasteiger charge is -2.26. The molecule has 1 aliphatic heterocycles. The van der Waals surface area contributed by atoms with Gasteiger partial charge in [0.25, 0.3) is 0 Å². The molecule has 1 saturated heterocycles. The summed E-state index contributed by atoms with van der Waals surface area (Å²) in [5, 5.41) is 2.96. The molecule has 0 bridgehead atoms. The molecule has 16 heavy (non-hydrogen) atoms. The van der Waals surface area contributed by atoms with Crippen LogP contribution in [0, 0.1) is 0 Å². The van der Waals surface area contributed by atoms with E-state index in [9.17, 15) is 4.79 Å². The lowest BCUT2D eigenvalue weighted by molar-refractivity contribution is 0.122. The normalized spacial score (nSPS) is 16.2. The highest BCUT2D eigenvalue weighted by Gasteiger charge is 2.14. The van der Waals surface area contributed by atoms with Gasteiger partial charge in [-0.05, 0) is 6.92 Å². The van der Waals surface area contributed by atoms with Crippen molar-refractivity contribution in [3.63, 3.8) is 0 Å². The maximum atomic E-state index is 11.3. The molecule has 1 aliphatic rings. The molecular weight excluding hydrogens is 210 g/mol. The van der Waals surface area contributed by atoms with Crippen molar-refractivity contribution < 1.29 is 4.74 Å². The van der Waals surface area contributed by atoms with Gasteiger partial charge in [0, 0.05) is 19.6 Å². The van der Waals surface area contributed by atoms with Crippen molar-refractivity contribution in [2.75, 3.05) is 43.1 Å². The van der Waals surface area contributed by atoms with Crippen molar-refractivity contribution in [3.8, 4) is 0 Å². The third-order valence-electron chi connectivity index (χ3n) is 2.28. The van der Waals surface area contributed by atoms with Crippen LogP contribution in [0.2, 0.25) is 0 Å². The highest BCUT2D eigenvalue weighted by Crippen LogP contribution is 2.08. The molecule has 7 heteroatoms. The minimum atomic E-state index is -0.382. The molecular formula is C9H15N5O2. The van der Waals surface area contributed by atoms with Crippen LogP contribution in [0.1, 0.15) is 6.92 Å². The fourth-order valence-corrected chi connectivity index (χ4v) is 1.53. The number of hydrogen-bond acceptors (Lipinski definition) is 6. The van der Waals surface area contributed by atoms with Gasteiger partial charge in [-0.3, -0.25) is 4.98 Å². The maximum absolute atomic E-state index is 11.3. The van der Waals surface area contributed by atoms with Crippen LogP contribution < -0.4 is 15.9 Å². The standard InChI is InChI=1S/C9H15N5O2/c1-2-10-7-11-8(13-9(15)12-7)14-3-5-16-6-4-14/h2-6H2,1H3,(H2,10,11,12,13,15). The Hall–Kier alpha value is -1.63. The van der Waals surface area contributed by atoms with Gasteiger partial charge in [0.15, 0.2) is 0 Å². The Labute approximate surface area is 92.9 Å². The molecule has 2 heterocycles. The molecule has 0 amide bonds. The van der Waals surface area contributed by atoms with E-state index in [1.165, 1.54) is 0 Å². The largest absolute Gasteiger partial charge is 0.378 e. The predicted molar refractivity (Wildman–Crippen MR) is 59.8 cm³/mol. The van der Waals surface area contributed by atoms with Crippen LogP contribution in [0.15, 0.2) is 4.79 Å². The Balaban J connectivity index is 2.21. The molecule has 0 unspecified atom stereocenters. The number of hydrogen-bond donors (Lipinski definition) is 2. The highest BCUT2D eigenvalue weighted by atomic mass is 16.5. The molecule has 7 nitrogen and oxygen atoms in total. The summed E-state index contributed by atoms with van der Waals surface area (Å²) in [5.41, 5.74) is -0.382. The van der Waals surface area contributed by atoms with E-state index in [1.54, 1.807) is 0 Å². The van der Waals surface area contributed by atoms with E-state index in [0.717, 1.165) is 13.1 Å². The SMILES string of the molecule is CCNc1nc(N2CCOCC2)nc(=O)[nH]1. The first kappa shape index (κ1) is 10.9. The molecule has 0 radical (unpaired) electrons. The Bertz CT molecular complexity index is 399. The Morgan fingerprint density at radius 3 is 2.88 bits per heavy atom. The molecule has 88 valence electrons. The summed E-state index contributed by atoms with van der Waals surface area (Å²) in [7, 11) is 0. The first-order valence-corrected chi connectivity index (χ1v) is 5.34. The second-order valence-electron chi connectivity index (χ2n) is 3.43. The number of H-pyrrole nitrogens is 1. The second-order valence-corrected chi connectivity index (χ2v) is 3.43. The predicted octanol–water partition coefficient (Wildman–Crippen LogP) is -0.567. The quantitative estimate of drug-likeness (QED) is 0.717. The molecule has 1 aromatic rings. The van der Waals surface area contributed by atoms with Crippen LogP contribution >= 0.6 is 0 Å². The van der Waals surface area contributed by atoms with E-state index in [4.69, 9.17) is 4.74 Å². The zero-order valence-electron chi connectivity index (χ0n) is 9.19. The summed E-state index contributed by atoms with van der Waals surface area (Å²) < 4.78 is 5.23. The fourth-order valence-electron chi connectivity index (χ4n) is 1.53. The first-order valence-electron chi connectivity index (χ1n) is 5.34. The van der Waals surface area contributed by atoms with Gasteiger partial charge >= 0.3 is 5.69 Å². The van der Waals surface area contributed by atoms with Crippen molar-refractivity contribution in [1.82, 2.24) is 15.0 Å². The lowest BCUT2D eigenvalue weighted by Crippen LogP contribution is -2.38. The summed E-state index contributed by atoms with van der Waals surface area (Å²) in [6, 6.07) is 0. The fraction of sp³-hybridized carbons (Fsp3) is 0.667. The summed E-state index contributed by atoms with van der Waals surface area (Å²) >= 11 is 0. The van der Waals surface area contributed by atoms with Gasteiger partial charge in [-0.25, -0.2) is 4.79 Å². The molecule has 2 rings (SSSR count). The maximum Gasteiger partial charge on any atom is 0.350 e. The summed E-state index contributed by atoms with van der Waals surface area (Å²) in [4.78, 5) is 23.9. The minimum Gasteiger partial charge on any atom is -0.378 e. The molecule has 0 atom stereocenters. The van der Waals surface area contributed by atoms with Crippen LogP contribution in [0.3, 0.4) is 0 Å². The zero-order chi connectivity index (χ0) is 11.4. The van der Waals surface area contributed by atoms with Gasteiger partial charge in [0.2, 0.25) is 11.9 Å². The topological polar surface area (TPSA) is 83.1 Å². The van der Waals surface area contributed by atoms with Gasteiger partial charge in [0.05, 0.1) is 13.2 Å². The summed E-state index contributed by atoms with van der Waals surface area (Å²) in [6.45, 7) is 5.37. The smallest absolute Gasteiger partial charge is 0.350 e. The van der Waals surface area contributed by atoms with Crippen molar-refractivity contribution >= 4 is 11.9 Å². The highest BCUT2D eigenvalue weighted by molar-refractivity contribution is 5.35. The van der Waals surface area contributed by atoms with Crippen LogP contribution in [0.25, 0.3) is 0 Å². The molecule has 0 aromatic carbocycles. The van der Waals surface area contributed by atoms with E-state index in [0.29, 0.717) is 31.7 Å². The number of ether oxygens (including phenoxy) is 1. The van der Waals surface area contributed by atoms with Crippen LogP contribution in [0.4, 0.5) is 11.9 Å². The number of aromatic amines is 1. The van der Waals surface area contributed by atoms with Gasteiger partial charge < -0.3 is 15.0 Å². The molecule has 2 N–H and O–H groups in total. The lowest BCUT2D eigenvalue weighted by atomic mass is 10.4. The first-order chi connectivity index (χ1) is 7.79. The van der Waals surface area contributed by atoms with Crippen molar-refractivity contribution in [2.24, 2.45) is 0 Å². The number of morpholine rings is 1. The Kier molecular flexibility index (Phi) is 3.35. The number of aromatic nitrogens is 3.